The fourth-order valence-electron chi connectivity index (χ4n) is 6.03. The number of carbonyl (C=O) groups is 1. The minimum absolute atomic E-state index is 0.186. The molecule has 2 saturated heterocycles. The van der Waals surface area contributed by atoms with Gasteiger partial charge in [-0.1, -0.05) is 43.7 Å². The van der Waals surface area contributed by atoms with Gasteiger partial charge in [0.2, 0.25) is 0 Å². The molecule has 2 aliphatic heterocycles. The second-order valence-corrected chi connectivity index (χ2v) is 14.8. The van der Waals surface area contributed by atoms with Crippen LogP contribution in [0.1, 0.15) is 54.9 Å². The van der Waals surface area contributed by atoms with E-state index >= 15 is 0 Å². The van der Waals surface area contributed by atoms with E-state index in [0.717, 1.165) is 58.2 Å². The van der Waals surface area contributed by atoms with Gasteiger partial charge in [0.1, 0.15) is 12.4 Å². The number of hydrogen-bond donors (Lipinski definition) is 1. The zero-order valence-electron chi connectivity index (χ0n) is 24.7. The molecule has 3 aromatic rings. The van der Waals surface area contributed by atoms with E-state index in [2.05, 4.69) is 66.3 Å². The average molecular weight is 612 g/mol. The van der Waals surface area contributed by atoms with Crippen molar-refractivity contribution in [3.63, 3.8) is 0 Å². The molecule has 2 fully saturated rings. The molecule has 0 aliphatic carbocycles. The number of nitrogens with zero attached hydrogens (tertiary/aromatic N) is 3. The van der Waals surface area contributed by atoms with Gasteiger partial charge in [-0.3, -0.25) is 9.69 Å². The third-order valence-electron chi connectivity index (χ3n) is 8.53. The van der Waals surface area contributed by atoms with Gasteiger partial charge >= 0.3 is 5.97 Å². The number of aliphatic carboxylic acids is 1. The maximum atomic E-state index is 11.8. The number of piperidine rings is 1. The zero-order valence-corrected chi connectivity index (χ0v) is 26.3. The first kappa shape index (κ1) is 30.5. The Hall–Kier alpha value is -2.95. The molecule has 226 valence electrons. The molecule has 3 heterocycles. The van der Waals surface area contributed by atoms with Gasteiger partial charge in [0.25, 0.3) is 0 Å². The van der Waals surface area contributed by atoms with Gasteiger partial charge in [-0.15, -0.1) is 11.3 Å². The van der Waals surface area contributed by atoms with Crippen LogP contribution in [0.4, 0.5) is 5.13 Å². The minimum atomic E-state index is -2.88. The summed E-state index contributed by atoms with van der Waals surface area (Å²) in [5.41, 5.74) is 6.31. The second kappa shape index (κ2) is 13.1. The SMILES string of the molecule is CCCC1CC(C(=O)O)CCN1c1nc(-c2cccc(C)c2OCc2ccc(CN3CCS(=O)(=O)CC3)cc2C)cs1. The molecule has 10 heteroatoms. The third-order valence-corrected chi connectivity index (χ3v) is 11.0. The number of para-hydroxylation sites is 1. The molecule has 2 unspecified atom stereocenters. The van der Waals surface area contributed by atoms with Crippen LogP contribution in [0.2, 0.25) is 0 Å². The van der Waals surface area contributed by atoms with Crippen molar-refractivity contribution in [2.24, 2.45) is 5.92 Å². The zero-order chi connectivity index (χ0) is 29.9. The van der Waals surface area contributed by atoms with Gasteiger partial charge < -0.3 is 14.7 Å². The lowest BCUT2D eigenvalue weighted by atomic mass is 9.89. The van der Waals surface area contributed by atoms with Crippen molar-refractivity contribution in [2.45, 2.75) is 65.6 Å². The largest absolute Gasteiger partial charge is 0.488 e. The highest BCUT2D eigenvalue weighted by molar-refractivity contribution is 7.91. The smallest absolute Gasteiger partial charge is 0.306 e. The van der Waals surface area contributed by atoms with E-state index in [1.165, 1.54) is 5.56 Å². The van der Waals surface area contributed by atoms with E-state index in [-0.39, 0.29) is 23.5 Å². The molecule has 1 aromatic heterocycles. The summed E-state index contributed by atoms with van der Waals surface area (Å²) in [7, 11) is -2.88. The molecule has 42 heavy (non-hydrogen) atoms. The van der Waals surface area contributed by atoms with Crippen LogP contribution in [0.3, 0.4) is 0 Å². The van der Waals surface area contributed by atoms with E-state index in [1.807, 2.05) is 6.07 Å². The number of aryl methyl sites for hydroxylation is 2. The van der Waals surface area contributed by atoms with E-state index in [0.29, 0.717) is 39.1 Å². The Kier molecular flexibility index (Phi) is 9.54. The van der Waals surface area contributed by atoms with Crippen molar-refractivity contribution in [3.8, 4) is 17.0 Å². The number of ether oxygens (including phenoxy) is 1. The Labute approximate surface area is 253 Å². The summed E-state index contributed by atoms with van der Waals surface area (Å²) in [6, 6.07) is 12.7. The van der Waals surface area contributed by atoms with Crippen molar-refractivity contribution in [1.82, 2.24) is 9.88 Å². The van der Waals surface area contributed by atoms with Crippen LogP contribution >= 0.6 is 11.3 Å². The Morgan fingerprint density at radius 1 is 1.12 bits per heavy atom. The number of thiazole rings is 1. The number of carboxylic acids is 1. The van der Waals surface area contributed by atoms with Gasteiger partial charge in [0.05, 0.1) is 23.1 Å². The predicted molar refractivity (Wildman–Crippen MR) is 168 cm³/mol. The summed E-state index contributed by atoms with van der Waals surface area (Å²) < 4.78 is 30.0. The lowest BCUT2D eigenvalue weighted by Gasteiger charge is -2.38. The van der Waals surface area contributed by atoms with E-state index < -0.39 is 15.8 Å². The van der Waals surface area contributed by atoms with Gasteiger partial charge in [-0.05, 0) is 61.4 Å². The number of rotatable bonds is 10. The first-order chi connectivity index (χ1) is 20.1. The first-order valence-electron chi connectivity index (χ1n) is 14.8. The van der Waals surface area contributed by atoms with Crippen LogP contribution in [0.25, 0.3) is 11.3 Å². The highest BCUT2D eigenvalue weighted by Crippen LogP contribution is 2.38. The Morgan fingerprint density at radius 2 is 1.90 bits per heavy atom. The first-order valence-corrected chi connectivity index (χ1v) is 17.5. The summed E-state index contributed by atoms with van der Waals surface area (Å²) >= 11 is 1.61. The van der Waals surface area contributed by atoms with Gasteiger partial charge in [0.15, 0.2) is 15.0 Å². The highest BCUT2D eigenvalue weighted by Gasteiger charge is 2.33. The van der Waals surface area contributed by atoms with Gasteiger partial charge in [0, 0.05) is 43.2 Å². The molecule has 8 nitrogen and oxygen atoms in total. The molecule has 5 rings (SSSR count). The molecule has 0 amide bonds. The molecule has 0 spiro atoms. The lowest BCUT2D eigenvalue weighted by Crippen LogP contribution is -2.44. The molecular weight excluding hydrogens is 571 g/mol. The molecular formula is C32H41N3O5S2. The summed E-state index contributed by atoms with van der Waals surface area (Å²) in [6.07, 6.45) is 3.26. The fraction of sp³-hybridized carbons (Fsp3) is 0.500. The maximum absolute atomic E-state index is 11.8. The van der Waals surface area contributed by atoms with Crippen LogP contribution in [0.5, 0.6) is 5.75 Å². The van der Waals surface area contributed by atoms with E-state index in [1.54, 1.807) is 11.3 Å². The topological polar surface area (TPSA) is 100 Å². The van der Waals surface area contributed by atoms with Crippen molar-refractivity contribution in [1.29, 1.82) is 0 Å². The summed E-state index contributed by atoms with van der Waals surface area (Å²) in [5, 5.41) is 12.6. The molecule has 0 radical (unpaired) electrons. The molecule has 2 aromatic carbocycles. The fourth-order valence-corrected chi connectivity index (χ4v) is 8.23. The van der Waals surface area contributed by atoms with Gasteiger partial charge in [-0.25, -0.2) is 13.4 Å². The van der Waals surface area contributed by atoms with Crippen molar-refractivity contribution in [2.75, 3.05) is 36.0 Å². The lowest BCUT2D eigenvalue weighted by molar-refractivity contribution is -0.142. The van der Waals surface area contributed by atoms with Crippen LogP contribution in [0.15, 0.2) is 41.8 Å². The number of hydrogen-bond acceptors (Lipinski definition) is 8. The highest BCUT2D eigenvalue weighted by atomic mass is 32.2. The third kappa shape index (κ3) is 7.15. The molecule has 2 aliphatic rings. The van der Waals surface area contributed by atoms with Crippen LogP contribution in [-0.2, 0) is 27.8 Å². The Morgan fingerprint density at radius 3 is 2.62 bits per heavy atom. The summed E-state index contributed by atoms with van der Waals surface area (Å²) in [6.45, 7) is 9.34. The van der Waals surface area contributed by atoms with E-state index in [4.69, 9.17) is 9.72 Å². The Bertz CT molecular complexity index is 1510. The quantitative estimate of drug-likeness (QED) is 0.312. The standard InChI is InChI=1S/C32H41N3O5S2/c1-4-6-27-18-25(31(36)37)11-12-35(27)32-33-29(21-41-32)28-8-5-7-22(2)30(28)40-20-26-10-9-24(17-23(26)3)19-34-13-15-42(38,39)16-14-34/h5,7-10,17,21,25,27H,4,6,11-16,18-20H2,1-3H3,(H,36,37). The van der Waals surface area contributed by atoms with Crippen molar-refractivity contribution < 1.29 is 23.1 Å². The molecule has 0 saturated carbocycles. The van der Waals surface area contributed by atoms with Gasteiger partial charge in [-0.2, -0.15) is 0 Å². The van der Waals surface area contributed by atoms with Crippen molar-refractivity contribution >= 4 is 32.3 Å². The second-order valence-electron chi connectivity index (χ2n) is 11.6. The predicted octanol–water partition coefficient (Wildman–Crippen LogP) is 5.71. The number of aromatic nitrogens is 1. The summed E-state index contributed by atoms with van der Waals surface area (Å²) in [5.74, 6) is 0.318. The maximum Gasteiger partial charge on any atom is 0.306 e. The summed E-state index contributed by atoms with van der Waals surface area (Å²) in [4.78, 5) is 21.2. The number of carboxylic acid groups (broad SMARTS) is 1. The molecule has 0 bridgehead atoms. The number of benzene rings is 2. The monoisotopic (exact) mass is 611 g/mol. The minimum Gasteiger partial charge on any atom is -0.488 e. The average Bonchev–Trinajstić information content (AvgIpc) is 3.44. The number of anilines is 1. The molecule has 1 N–H and O–H groups in total. The Balaban J connectivity index is 1.28. The normalized spacial score (nSPS) is 20.9. The number of sulfone groups is 1. The van der Waals surface area contributed by atoms with E-state index in [9.17, 15) is 18.3 Å². The van der Waals surface area contributed by atoms with Crippen molar-refractivity contribution in [3.05, 3.63) is 64.0 Å². The molecule has 2 atom stereocenters. The van der Waals surface area contributed by atoms with Crippen LogP contribution in [0, 0.1) is 19.8 Å². The van der Waals surface area contributed by atoms with Crippen LogP contribution in [-0.4, -0.2) is 66.6 Å². The van der Waals surface area contributed by atoms with Crippen LogP contribution < -0.4 is 9.64 Å².